The van der Waals surface area contributed by atoms with E-state index >= 15 is 0 Å². The van der Waals surface area contributed by atoms with Gasteiger partial charge >= 0.3 is 0 Å². The van der Waals surface area contributed by atoms with Gasteiger partial charge in [-0.1, -0.05) is 6.92 Å². The van der Waals surface area contributed by atoms with Crippen LogP contribution in [0.1, 0.15) is 26.1 Å². The Morgan fingerprint density at radius 2 is 2.15 bits per heavy atom. The van der Waals surface area contributed by atoms with E-state index in [2.05, 4.69) is 4.98 Å². The van der Waals surface area contributed by atoms with Crippen molar-refractivity contribution in [3.63, 3.8) is 0 Å². The zero-order valence-electron chi connectivity index (χ0n) is 12.1. The normalized spacial score (nSPS) is 24.4. The Morgan fingerprint density at radius 1 is 1.50 bits per heavy atom. The Kier molecular flexibility index (Phi) is 5.60. The molecule has 0 aromatic carbocycles. The Morgan fingerprint density at radius 3 is 2.65 bits per heavy atom. The molecule has 1 aliphatic heterocycles. The number of nitrogens with zero attached hydrogens (tertiary/aromatic N) is 3. The van der Waals surface area contributed by atoms with E-state index in [9.17, 15) is 8.42 Å². The van der Waals surface area contributed by atoms with Gasteiger partial charge in [-0.05, 0) is 26.2 Å². The van der Waals surface area contributed by atoms with Gasteiger partial charge in [0.2, 0.25) is 0 Å². The molecule has 116 valence electrons. The predicted octanol–water partition coefficient (Wildman–Crippen LogP) is 0.991. The van der Waals surface area contributed by atoms with Crippen LogP contribution < -0.4 is 5.73 Å². The minimum absolute atomic E-state index is 0. The summed E-state index contributed by atoms with van der Waals surface area (Å²) in [6.07, 6.45) is 2.32. The zero-order chi connectivity index (χ0) is 14.2. The van der Waals surface area contributed by atoms with Crippen LogP contribution in [0.2, 0.25) is 0 Å². The number of aromatic nitrogens is 2. The SMILES string of the molecule is CCn1cc(S(=O)(=O)N2CCC(N)C(C)C2)nc1C.Cl. The third kappa shape index (κ3) is 3.16. The predicted molar refractivity (Wildman–Crippen MR) is 80.4 cm³/mol. The summed E-state index contributed by atoms with van der Waals surface area (Å²) in [5.41, 5.74) is 5.93. The first kappa shape index (κ1) is 17.4. The molecule has 8 heteroatoms. The summed E-state index contributed by atoms with van der Waals surface area (Å²) in [5, 5.41) is 0.148. The Labute approximate surface area is 126 Å². The molecule has 2 N–H and O–H groups in total. The lowest BCUT2D eigenvalue weighted by molar-refractivity contribution is 0.249. The fraction of sp³-hybridized carbons (Fsp3) is 0.750. The van der Waals surface area contributed by atoms with Gasteiger partial charge in [0.25, 0.3) is 10.0 Å². The third-order valence-electron chi connectivity index (χ3n) is 3.83. The molecule has 1 aromatic heterocycles. The monoisotopic (exact) mass is 322 g/mol. The van der Waals surface area contributed by atoms with E-state index in [4.69, 9.17) is 5.73 Å². The number of aryl methyl sites for hydroxylation is 2. The van der Waals surface area contributed by atoms with Crippen molar-refractivity contribution < 1.29 is 8.42 Å². The topological polar surface area (TPSA) is 81.2 Å². The molecule has 0 amide bonds. The maximum atomic E-state index is 12.5. The lowest BCUT2D eigenvalue weighted by Gasteiger charge is -2.33. The standard InChI is InChI=1S/C12H22N4O2S.ClH/c1-4-15-8-12(14-10(15)3)19(17,18)16-6-5-11(13)9(2)7-16;/h8-9,11H,4-7,13H2,1-3H3;1H. The molecule has 6 nitrogen and oxygen atoms in total. The highest BCUT2D eigenvalue weighted by molar-refractivity contribution is 7.89. The molecule has 0 radical (unpaired) electrons. The summed E-state index contributed by atoms with van der Waals surface area (Å²) in [5.74, 6) is 0.903. The second kappa shape index (κ2) is 6.43. The first-order valence-electron chi connectivity index (χ1n) is 6.65. The van der Waals surface area contributed by atoms with Crippen molar-refractivity contribution >= 4 is 22.4 Å². The molecule has 2 unspecified atom stereocenters. The number of hydrogen-bond donors (Lipinski definition) is 1. The molecule has 0 bridgehead atoms. The molecule has 1 aliphatic rings. The second-order valence-electron chi connectivity index (χ2n) is 5.21. The fourth-order valence-corrected chi connectivity index (χ4v) is 3.95. The molecule has 0 saturated carbocycles. The van der Waals surface area contributed by atoms with Gasteiger partial charge < -0.3 is 10.3 Å². The largest absolute Gasteiger partial charge is 0.334 e. The molecule has 2 atom stereocenters. The van der Waals surface area contributed by atoms with E-state index in [1.807, 2.05) is 25.3 Å². The summed E-state index contributed by atoms with van der Waals surface area (Å²) in [7, 11) is -3.48. The molecule has 2 rings (SSSR count). The van der Waals surface area contributed by atoms with Gasteiger partial charge in [0.05, 0.1) is 0 Å². The molecule has 0 spiro atoms. The van der Waals surface area contributed by atoms with Gasteiger partial charge in [0.1, 0.15) is 5.82 Å². The third-order valence-corrected chi connectivity index (χ3v) is 5.57. The van der Waals surface area contributed by atoms with Crippen molar-refractivity contribution in [3.05, 3.63) is 12.0 Å². The van der Waals surface area contributed by atoms with Crippen molar-refractivity contribution in [1.29, 1.82) is 0 Å². The molecular weight excluding hydrogens is 300 g/mol. The molecular formula is C12H23ClN4O2S. The highest BCUT2D eigenvalue weighted by Crippen LogP contribution is 2.22. The number of piperidine rings is 1. The highest BCUT2D eigenvalue weighted by atomic mass is 35.5. The minimum Gasteiger partial charge on any atom is -0.334 e. The van der Waals surface area contributed by atoms with E-state index in [1.54, 1.807) is 6.20 Å². The first-order chi connectivity index (χ1) is 8.86. The van der Waals surface area contributed by atoms with E-state index in [0.717, 1.165) is 12.4 Å². The van der Waals surface area contributed by atoms with Crippen LogP contribution in [0.25, 0.3) is 0 Å². The molecule has 20 heavy (non-hydrogen) atoms. The van der Waals surface area contributed by atoms with Gasteiger partial charge in [-0.3, -0.25) is 0 Å². The lowest BCUT2D eigenvalue weighted by Crippen LogP contribution is -2.48. The van der Waals surface area contributed by atoms with Crippen LogP contribution in [0.5, 0.6) is 0 Å². The van der Waals surface area contributed by atoms with Crippen LogP contribution in [-0.2, 0) is 16.6 Å². The van der Waals surface area contributed by atoms with Crippen molar-refractivity contribution in [2.45, 2.75) is 44.8 Å². The number of halogens is 1. The molecule has 1 saturated heterocycles. The van der Waals surface area contributed by atoms with Crippen LogP contribution in [0.15, 0.2) is 11.2 Å². The van der Waals surface area contributed by atoms with Crippen LogP contribution in [0, 0.1) is 12.8 Å². The van der Waals surface area contributed by atoms with Crippen molar-refractivity contribution in [3.8, 4) is 0 Å². The number of rotatable bonds is 3. The maximum absolute atomic E-state index is 12.5. The zero-order valence-corrected chi connectivity index (χ0v) is 13.7. The first-order valence-corrected chi connectivity index (χ1v) is 8.09. The van der Waals surface area contributed by atoms with E-state index < -0.39 is 10.0 Å². The fourth-order valence-electron chi connectivity index (χ4n) is 2.40. The maximum Gasteiger partial charge on any atom is 0.262 e. The second-order valence-corrected chi connectivity index (χ2v) is 7.09. The van der Waals surface area contributed by atoms with Crippen LogP contribution in [-0.4, -0.2) is 41.4 Å². The van der Waals surface area contributed by atoms with Crippen LogP contribution >= 0.6 is 12.4 Å². The van der Waals surface area contributed by atoms with Gasteiger partial charge in [0, 0.05) is 31.9 Å². The smallest absolute Gasteiger partial charge is 0.262 e. The Balaban J connectivity index is 0.00000200. The molecule has 0 aliphatic carbocycles. The molecule has 1 fully saturated rings. The van der Waals surface area contributed by atoms with E-state index in [0.29, 0.717) is 19.5 Å². The quantitative estimate of drug-likeness (QED) is 0.900. The summed E-state index contributed by atoms with van der Waals surface area (Å²) in [6, 6.07) is 0.0846. The average molecular weight is 323 g/mol. The summed E-state index contributed by atoms with van der Waals surface area (Å²) >= 11 is 0. The number of nitrogens with two attached hydrogens (primary N) is 1. The summed E-state index contributed by atoms with van der Waals surface area (Å²) in [4.78, 5) is 4.17. The lowest BCUT2D eigenvalue weighted by atomic mass is 9.96. The number of imidazole rings is 1. The number of hydrogen-bond acceptors (Lipinski definition) is 4. The van der Waals surface area contributed by atoms with E-state index in [1.165, 1.54) is 4.31 Å². The van der Waals surface area contributed by atoms with Gasteiger partial charge in [-0.15, -0.1) is 12.4 Å². The number of sulfonamides is 1. The van der Waals surface area contributed by atoms with Crippen molar-refractivity contribution in [2.24, 2.45) is 11.7 Å². The summed E-state index contributed by atoms with van der Waals surface area (Å²) < 4.78 is 28.4. The Hall–Kier alpha value is -0.630. The highest BCUT2D eigenvalue weighted by Gasteiger charge is 2.33. The average Bonchev–Trinajstić information content (AvgIpc) is 2.74. The van der Waals surface area contributed by atoms with E-state index in [-0.39, 0.29) is 29.4 Å². The Bertz CT molecular complexity index is 558. The molecule has 2 heterocycles. The summed E-state index contributed by atoms with van der Waals surface area (Å²) in [6.45, 7) is 7.44. The van der Waals surface area contributed by atoms with Crippen molar-refractivity contribution in [2.75, 3.05) is 13.1 Å². The van der Waals surface area contributed by atoms with Crippen LogP contribution in [0.3, 0.4) is 0 Å². The van der Waals surface area contributed by atoms with Gasteiger partial charge in [-0.25, -0.2) is 13.4 Å². The van der Waals surface area contributed by atoms with Crippen molar-refractivity contribution in [1.82, 2.24) is 13.9 Å². The molecule has 1 aromatic rings. The minimum atomic E-state index is -3.48. The van der Waals surface area contributed by atoms with Crippen LogP contribution in [0.4, 0.5) is 0 Å². The van der Waals surface area contributed by atoms with Gasteiger partial charge in [-0.2, -0.15) is 4.31 Å². The van der Waals surface area contributed by atoms with Gasteiger partial charge in [0.15, 0.2) is 5.03 Å².